The summed E-state index contributed by atoms with van der Waals surface area (Å²) in [6.45, 7) is 1.54. The van der Waals surface area contributed by atoms with Gasteiger partial charge in [-0.25, -0.2) is 0 Å². The van der Waals surface area contributed by atoms with E-state index in [0.29, 0.717) is 10.4 Å². The molecule has 1 aromatic heterocycles. The monoisotopic (exact) mass is 126 g/mol. The van der Waals surface area contributed by atoms with Gasteiger partial charge in [-0.3, -0.25) is 9.78 Å². The molecule has 0 aliphatic rings. The molecule has 0 saturated heterocycles. The molecule has 1 aromatic rings. The van der Waals surface area contributed by atoms with Crippen LogP contribution in [0.4, 0.5) is 0 Å². The van der Waals surface area contributed by atoms with E-state index < -0.39 is 5.56 Å². The van der Waals surface area contributed by atoms with Crippen LogP contribution < -0.4 is 5.56 Å². The lowest BCUT2D eigenvalue weighted by atomic mass is 10.5. The van der Waals surface area contributed by atoms with E-state index in [9.17, 15) is 4.79 Å². The van der Waals surface area contributed by atoms with Crippen LogP contribution in [0.25, 0.3) is 0 Å². The Balaban J connectivity index is 3.43. The molecule has 0 aliphatic carbocycles. The summed E-state index contributed by atoms with van der Waals surface area (Å²) in [5.74, 6) is 0. The van der Waals surface area contributed by atoms with Crippen LogP contribution in [0.15, 0.2) is 17.2 Å². The lowest BCUT2D eigenvalue weighted by Gasteiger charge is -1.92. The van der Waals surface area contributed by atoms with Gasteiger partial charge < -0.3 is 5.21 Å². The van der Waals surface area contributed by atoms with Crippen molar-refractivity contribution in [3.05, 3.63) is 28.4 Å². The predicted molar refractivity (Wildman–Crippen MR) is 30.4 cm³/mol. The fraction of sp³-hybridized carbons (Fsp3) is 0.200. The van der Waals surface area contributed by atoms with Crippen LogP contribution in [0.2, 0.25) is 0 Å². The Kier molecular flexibility index (Phi) is 1.22. The molecule has 0 atom stereocenters. The largest absolute Gasteiger partial charge is 0.425 e. The molecule has 0 spiro atoms. The van der Waals surface area contributed by atoms with Gasteiger partial charge in [0.25, 0.3) is 0 Å². The lowest BCUT2D eigenvalue weighted by Crippen LogP contribution is -2.19. The summed E-state index contributed by atoms with van der Waals surface area (Å²) in [6, 6.07) is 0. The van der Waals surface area contributed by atoms with Crippen LogP contribution in [-0.4, -0.2) is 14.9 Å². The van der Waals surface area contributed by atoms with Crippen molar-refractivity contribution < 1.29 is 5.21 Å². The first-order chi connectivity index (χ1) is 4.22. The molecular weight excluding hydrogens is 120 g/mol. The highest BCUT2D eigenvalue weighted by molar-refractivity contribution is 4.91. The van der Waals surface area contributed by atoms with Crippen molar-refractivity contribution in [2.45, 2.75) is 6.92 Å². The minimum Gasteiger partial charge on any atom is -0.425 e. The summed E-state index contributed by atoms with van der Waals surface area (Å²) in [7, 11) is 0. The number of hydrogen-bond acceptors (Lipinski definition) is 3. The molecule has 0 unspecified atom stereocenters. The maximum atomic E-state index is 10.6. The van der Waals surface area contributed by atoms with Gasteiger partial charge in [0.15, 0.2) is 0 Å². The molecule has 0 aromatic carbocycles. The summed E-state index contributed by atoms with van der Waals surface area (Å²) in [5.41, 5.74) is -0.183. The second kappa shape index (κ2) is 1.89. The van der Waals surface area contributed by atoms with Gasteiger partial charge in [0.05, 0.1) is 6.20 Å². The topological polar surface area (TPSA) is 55.1 Å². The van der Waals surface area contributed by atoms with E-state index in [1.807, 2.05) is 0 Å². The van der Waals surface area contributed by atoms with Crippen molar-refractivity contribution in [2.75, 3.05) is 0 Å². The van der Waals surface area contributed by atoms with E-state index >= 15 is 0 Å². The average molecular weight is 126 g/mol. The minimum absolute atomic E-state index is 0.292. The molecule has 4 heteroatoms. The van der Waals surface area contributed by atoms with Gasteiger partial charge in [-0.2, -0.15) is 4.73 Å². The smallest absolute Gasteiger partial charge is 0.304 e. The number of rotatable bonds is 0. The third-order valence-corrected chi connectivity index (χ3v) is 0.994. The number of aryl methyl sites for hydroxylation is 1. The summed E-state index contributed by atoms with van der Waals surface area (Å²) in [5, 5.41) is 8.66. The van der Waals surface area contributed by atoms with Crippen LogP contribution in [-0.2, 0) is 0 Å². The summed E-state index contributed by atoms with van der Waals surface area (Å²) >= 11 is 0. The Hall–Kier alpha value is -1.32. The molecule has 48 valence electrons. The molecule has 0 bridgehead atoms. The quantitative estimate of drug-likeness (QED) is 0.489. The second-order valence-electron chi connectivity index (χ2n) is 1.66. The molecule has 0 aliphatic heterocycles. The SMILES string of the molecule is Cc1nccn(O)c1=O. The molecule has 1 heterocycles. The molecule has 0 fully saturated rings. The Bertz CT molecular complexity index is 243. The molecule has 0 saturated carbocycles. The molecule has 1 N–H and O–H groups in total. The summed E-state index contributed by atoms with van der Waals surface area (Å²) in [6.07, 6.45) is 2.55. The molecule has 1 rings (SSSR count). The van der Waals surface area contributed by atoms with Crippen molar-refractivity contribution in [3.63, 3.8) is 0 Å². The first kappa shape index (κ1) is 5.81. The Morgan fingerprint density at radius 3 is 2.89 bits per heavy atom. The van der Waals surface area contributed by atoms with Gasteiger partial charge in [0.1, 0.15) is 5.69 Å². The Morgan fingerprint density at radius 1 is 1.78 bits per heavy atom. The third-order valence-electron chi connectivity index (χ3n) is 0.994. The van der Waals surface area contributed by atoms with Gasteiger partial charge >= 0.3 is 5.56 Å². The van der Waals surface area contributed by atoms with Crippen molar-refractivity contribution in [2.24, 2.45) is 0 Å². The van der Waals surface area contributed by atoms with Crippen LogP contribution in [0.5, 0.6) is 0 Å². The number of aromatic nitrogens is 2. The van der Waals surface area contributed by atoms with Gasteiger partial charge in [0.2, 0.25) is 0 Å². The van der Waals surface area contributed by atoms with Gasteiger partial charge in [0, 0.05) is 6.20 Å². The summed E-state index contributed by atoms with van der Waals surface area (Å²) < 4.78 is 0.502. The Labute approximate surface area is 51.4 Å². The molecule has 0 amide bonds. The second-order valence-corrected chi connectivity index (χ2v) is 1.66. The zero-order valence-electron chi connectivity index (χ0n) is 4.90. The maximum Gasteiger partial charge on any atom is 0.304 e. The van der Waals surface area contributed by atoms with Gasteiger partial charge in [-0.1, -0.05) is 0 Å². The van der Waals surface area contributed by atoms with E-state index in [4.69, 9.17) is 5.21 Å². The zero-order valence-corrected chi connectivity index (χ0v) is 4.90. The van der Waals surface area contributed by atoms with Crippen LogP contribution in [0, 0.1) is 6.92 Å². The first-order valence-corrected chi connectivity index (χ1v) is 2.45. The highest BCUT2D eigenvalue weighted by Gasteiger charge is 1.93. The highest BCUT2D eigenvalue weighted by Crippen LogP contribution is 1.76. The van der Waals surface area contributed by atoms with E-state index in [2.05, 4.69) is 4.98 Å². The first-order valence-electron chi connectivity index (χ1n) is 2.45. The van der Waals surface area contributed by atoms with Gasteiger partial charge in [-0.05, 0) is 6.92 Å². The van der Waals surface area contributed by atoms with E-state index in [0.717, 1.165) is 0 Å². The van der Waals surface area contributed by atoms with E-state index in [1.165, 1.54) is 19.3 Å². The van der Waals surface area contributed by atoms with Crippen molar-refractivity contribution in [1.82, 2.24) is 9.71 Å². The molecule has 9 heavy (non-hydrogen) atoms. The maximum absolute atomic E-state index is 10.6. The minimum atomic E-state index is -0.475. The van der Waals surface area contributed by atoms with Crippen LogP contribution >= 0.6 is 0 Å². The van der Waals surface area contributed by atoms with Crippen LogP contribution in [0.1, 0.15) is 5.69 Å². The highest BCUT2D eigenvalue weighted by atomic mass is 16.5. The number of nitrogens with zero attached hydrogens (tertiary/aromatic N) is 2. The van der Waals surface area contributed by atoms with Crippen molar-refractivity contribution in [3.8, 4) is 0 Å². The molecule has 4 nitrogen and oxygen atoms in total. The predicted octanol–water partition coefficient (Wildman–Crippen LogP) is -0.211. The summed E-state index contributed by atoms with van der Waals surface area (Å²) in [4.78, 5) is 14.3. The van der Waals surface area contributed by atoms with E-state index in [-0.39, 0.29) is 0 Å². The van der Waals surface area contributed by atoms with Gasteiger partial charge in [-0.15, -0.1) is 0 Å². The van der Waals surface area contributed by atoms with Crippen molar-refractivity contribution >= 4 is 0 Å². The standard InChI is InChI=1S/C5H6N2O2/c1-4-5(8)7(9)3-2-6-4/h2-3,9H,1H3. The van der Waals surface area contributed by atoms with Crippen LogP contribution in [0.3, 0.4) is 0 Å². The lowest BCUT2D eigenvalue weighted by molar-refractivity contribution is 0.173. The molecular formula is C5H6N2O2. The number of hydrogen-bond donors (Lipinski definition) is 1. The van der Waals surface area contributed by atoms with E-state index in [1.54, 1.807) is 0 Å². The average Bonchev–Trinajstić information content (AvgIpc) is 1.83. The third kappa shape index (κ3) is 0.910. The van der Waals surface area contributed by atoms with Crippen molar-refractivity contribution in [1.29, 1.82) is 0 Å². The zero-order chi connectivity index (χ0) is 6.85. The fourth-order valence-electron chi connectivity index (χ4n) is 0.497. The normalized spacial score (nSPS) is 9.44. The Morgan fingerprint density at radius 2 is 2.44 bits per heavy atom. The molecule has 0 radical (unpaired) electrons. The fourth-order valence-corrected chi connectivity index (χ4v) is 0.497.